The van der Waals surface area contributed by atoms with Crippen molar-refractivity contribution < 1.29 is 32.7 Å². The van der Waals surface area contributed by atoms with E-state index < -0.39 is 6.04 Å². The number of para-hydroxylation sites is 2. The van der Waals surface area contributed by atoms with Crippen molar-refractivity contribution in [3.05, 3.63) is 224 Å². The molecule has 8 aromatic carbocycles. The van der Waals surface area contributed by atoms with Crippen molar-refractivity contribution in [2.24, 2.45) is 0 Å². The van der Waals surface area contributed by atoms with Crippen LogP contribution in [0.2, 0.25) is 0 Å². The van der Waals surface area contributed by atoms with Crippen molar-refractivity contribution in [1.29, 1.82) is 0 Å². The monoisotopic (exact) mass is 1120 g/mol. The second-order valence-electron chi connectivity index (χ2n) is 21.5. The van der Waals surface area contributed by atoms with Gasteiger partial charge in [0.05, 0.1) is 6.85 Å². The Morgan fingerprint density at radius 3 is 1.88 bits per heavy atom. The van der Waals surface area contributed by atoms with Gasteiger partial charge in [-0.3, -0.25) is 0 Å². The molecule has 0 saturated heterocycles. The van der Waals surface area contributed by atoms with E-state index in [4.69, 9.17) is 13.8 Å². The molecule has 0 radical (unpaired) electrons. The summed E-state index contributed by atoms with van der Waals surface area (Å²) in [4.78, 5) is 9.07. The summed E-state index contributed by atoms with van der Waals surface area (Å²) in [6, 6.07) is 57.4. The molecule has 11 rings (SSSR count). The predicted molar refractivity (Wildman–Crippen MR) is 297 cm³/mol. The van der Waals surface area contributed by atoms with Crippen LogP contribution in [0.1, 0.15) is 85.9 Å². The second kappa shape index (κ2) is 18.8. The summed E-state index contributed by atoms with van der Waals surface area (Å²) in [5, 5.41) is 2.10. The van der Waals surface area contributed by atoms with Gasteiger partial charge in [0.15, 0.2) is 0 Å². The average molecular weight is 1120 g/mol. The van der Waals surface area contributed by atoms with Crippen molar-refractivity contribution in [3.63, 3.8) is 0 Å². The minimum atomic E-state index is -0.438. The maximum absolute atomic E-state index is 9.35. The van der Waals surface area contributed by atoms with E-state index in [1.165, 1.54) is 5.56 Å². The molecule has 2 aromatic heterocycles. The van der Waals surface area contributed by atoms with Crippen LogP contribution in [0.25, 0.3) is 61.0 Å². The van der Waals surface area contributed by atoms with E-state index in [-0.39, 0.29) is 67.0 Å². The third kappa shape index (κ3) is 9.16. The molecule has 0 spiro atoms. The van der Waals surface area contributed by atoms with Gasteiger partial charge in [-0.1, -0.05) is 177 Å². The van der Waals surface area contributed by atoms with Crippen molar-refractivity contribution in [3.8, 4) is 50.7 Å². The number of benzene rings is 8. The van der Waals surface area contributed by atoms with Crippen LogP contribution in [-0.4, -0.2) is 9.55 Å². The standard InChI is InChI=1S/C66H59N4O.Pt/c1-64(2,3)48-25-18-24-47(36-48)56-39-50(66(7,8)9)38-55(45-22-14-11-15-23-45)63(56)69-43-68(59-28-16-17-29-60(59)69)51-26-19-27-52(41-51)71-53-31-32-54-57-37-46(44-20-12-10-13-21-44)30-33-58(57)70(61(54)42-53)62-40-49(34-35-67-62)65(4,5)6;/h10-40,43H,1-9H3;/q-3;/i11D,14D,15D,22D,23D;. The zero-order valence-corrected chi connectivity index (χ0v) is 44.4. The van der Waals surface area contributed by atoms with Gasteiger partial charge in [0.1, 0.15) is 5.82 Å². The molecule has 3 heterocycles. The normalized spacial score (nSPS) is 13.8. The fraction of sp³-hybridized carbons (Fsp3) is 0.182. The average Bonchev–Trinajstić information content (AvgIpc) is 3.95. The molecule has 10 aromatic rings. The maximum Gasteiger partial charge on any atom is 0.135 e. The van der Waals surface area contributed by atoms with E-state index >= 15 is 0 Å². The molecule has 0 saturated carbocycles. The van der Waals surface area contributed by atoms with Crippen LogP contribution in [-0.2, 0) is 37.3 Å². The smallest absolute Gasteiger partial charge is 0.135 e. The van der Waals surface area contributed by atoms with E-state index in [9.17, 15) is 2.74 Å². The summed E-state index contributed by atoms with van der Waals surface area (Å²) in [6.45, 7) is 21.6. The first-order valence-corrected chi connectivity index (χ1v) is 24.3. The molecule has 0 fully saturated rings. The van der Waals surface area contributed by atoms with Crippen LogP contribution in [0.4, 0.5) is 22.7 Å². The van der Waals surface area contributed by atoms with Gasteiger partial charge >= 0.3 is 0 Å². The van der Waals surface area contributed by atoms with E-state index in [1.807, 2.05) is 73.5 Å². The van der Waals surface area contributed by atoms with Crippen LogP contribution in [0.3, 0.4) is 0 Å². The number of fused-ring (bicyclic) bond motifs is 4. The number of ether oxygens (including phenoxy) is 1. The van der Waals surface area contributed by atoms with Crippen LogP contribution in [0, 0.1) is 18.8 Å². The van der Waals surface area contributed by atoms with Gasteiger partial charge < -0.3 is 19.1 Å². The molecule has 0 unspecified atom stereocenters. The largest absolute Gasteiger partial charge is 0.509 e. The van der Waals surface area contributed by atoms with Crippen molar-refractivity contribution in [2.75, 3.05) is 9.80 Å². The molecular weight excluding hydrogens is 1060 g/mol. The van der Waals surface area contributed by atoms with E-state index in [1.54, 1.807) is 0 Å². The SMILES string of the molecule is [2H]c1c([2H])c([2H])c(-c2cc(C(C)(C)C)cc(-c3cccc(C(C)(C)C)c3)c2N2[CH-]N(c3[c-]c(Oc4[c-]c5c(cc4)c4cc(-c6ccccc6)ccc4n5-c4cc(C(C)(C)C)ccn4)ccc3)c3ccccc32)c([2H])c1[2H].[Pt]. The fourth-order valence-electron chi connectivity index (χ4n) is 9.55. The zero-order valence-electron chi connectivity index (χ0n) is 47.1. The van der Waals surface area contributed by atoms with E-state index in [0.717, 1.165) is 72.4 Å². The second-order valence-corrected chi connectivity index (χ2v) is 21.5. The van der Waals surface area contributed by atoms with Crippen molar-refractivity contribution in [1.82, 2.24) is 9.55 Å². The molecule has 0 atom stereocenters. The molecule has 5 nitrogen and oxygen atoms in total. The molecule has 1 aliphatic heterocycles. The van der Waals surface area contributed by atoms with Gasteiger partial charge in [0.2, 0.25) is 0 Å². The van der Waals surface area contributed by atoms with Crippen LogP contribution < -0.4 is 14.5 Å². The topological polar surface area (TPSA) is 33.5 Å². The number of hydrogen-bond donors (Lipinski definition) is 0. The fourth-order valence-corrected chi connectivity index (χ4v) is 9.55. The Hall–Kier alpha value is -7.20. The Labute approximate surface area is 447 Å². The summed E-state index contributed by atoms with van der Waals surface area (Å²) >= 11 is 0. The van der Waals surface area contributed by atoms with Gasteiger partial charge in [-0.2, -0.15) is 12.1 Å². The number of nitrogens with zero attached hydrogens (tertiary/aromatic N) is 4. The Kier molecular flexibility index (Phi) is 11.1. The molecule has 72 heavy (non-hydrogen) atoms. The Morgan fingerprint density at radius 1 is 0.514 bits per heavy atom. The van der Waals surface area contributed by atoms with Gasteiger partial charge in [-0.25, -0.2) is 4.98 Å². The Balaban J connectivity index is 0.00000672. The van der Waals surface area contributed by atoms with Gasteiger partial charge in [0, 0.05) is 72.5 Å². The first-order valence-electron chi connectivity index (χ1n) is 26.8. The van der Waals surface area contributed by atoms with Crippen LogP contribution in [0.5, 0.6) is 11.5 Å². The van der Waals surface area contributed by atoms with Crippen LogP contribution in [0.15, 0.2) is 188 Å². The molecule has 0 N–H and O–H groups in total. The molecule has 6 heteroatoms. The number of rotatable bonds is 8. The molecule has 362 valence electrons. The van der Waals surface area contributed by atoms with Gasteiger partial charge in [0.25, 0.3) is 0 Å². The van der Waals surface area contributed by atoms with Gasteiger partial charge in [-0.15, -0.1) is 48.1 Å². The van der Waals surface area contributed by atoms with Crippen molar-refractivity contribution >= 4 is 44.6 Å². The summed E-state index contributed by atoms with van der Waals surface area (Å²) in [5.74, 6) is 1.78. The molecule has 0 aliphatic carbocycles. The molecule has 1 aliphatic rings. The Bertz CT molecular complexity index is 3900. The zero-order chi connectivity index (χ0) is 53.6. The number of aromatic nitrogens is 2. The number of anilines is 4. The quantitative estimate of drug-likeness (QED) is 0.142. The first kappa shape index (κ1) is 42.5. The minimum absolute atomic E-state index is 0. The molecular formula is C66H59N4OPt-3. The van der Waals surface area contributed by atoms with Crippen LogP contribution >= 0.6 is 0 Å². The molecule has 0 amide bonds. The third-order valence-electron chi connectivity index (χ3n) is 13.5. The third-order valence-corrected chi connectivity index (χ3v) is 13.5. The van der Waals surface area contributed by atoms with E-state index in [0.29, 0.717) is 28.4 Å². The molecule has 0 bridgehead atoms. The first-order chi connectivity index (χ1) is 36.2. The number of hydrogen-bond acceptors (Lipinski definition) is 4. The Morgan fingerprint density at radius 2 is 1.15 bits per heavy atom. The summed E-state index contributed by atoms with van der Waals surface area (Å²) in [6.07, 6.45) is 1.88. The summed E-state index contributed by atoms with van der Waals surface area (Å²) in [7, 11) is 0. The van der Waals surface area contributed by atoms with Crippen molar-refractivity contribution in [2.45, 2.75) is 78.6 Å². The van der Waals surface area contributed by atoms with E-state index in [2.05, 4.69) is 180 Å². The summed E-state index contributed by atoms with van der Waals surface area (Å²) in [5.41, 5.74) is 12.3. The predicted octanol–water partition coefficient (Wildman–Crippen LogP) is 17.9. The summed E-state index contributed by atoms with van der Waals surface area (Å²) < 4.78 is 53.9. The number of pyridine rings is 1. The maximum atomic E-state index is 9.35. The van der Waals surface area contributed by atoms with Gasteiger partial charge in [-0.05, 0) is 103 Å². The minimum Gasteiger partial charge on any atom is -0.509 e.